The highest BCUT2D eigenvalue weighted by molar-refractivity contribution is 5.98. The Hall–Kier alpha value is -4.39. The van der Waals surface area contributed by atoms with Gasteiger partial charge in [0.05, 0.1) is 7.11 Å². The van der Waals surface area contributed by atoms with E-state index in [-0.39, 0.29) is 0 Å². The van der Waals surface area contributed by atoms with Gasteiger partial charge in [-0.3, -0.25) is 9.59 Å². The fraction of sp³-hybridized carbons (Fsp3) is 0.148. The number of carbonyl (C=O) groups is 3. The molecule has 0 aliphatic rings. The number of benzene rings is 3. The van der Waals surface area contributed by atoms with Gasteiger partial charge in [0, 0.05) is 17.3 Å². The van der Waals surface area contributed by atoms with Crippen LogP contribution in [-0.4, -0.2) is 37.5 Å². The molecule has 1 atom stereocenters. The van der Waals surface area contributed by atoms with E-state index in [4.69, 9.17) is 9.47 Å². The second-order valence-corrected chi connectivity index (χ2v) is 7.40. The van der Waals surface area contributed by atoms with Crippen molar-refractivity contribution in [3.63, 3.8) is 0 Å². The van der Waals surface area contributed by atoms with Crippen LogP contribution >= 0.6 is 0 Å². The van der Waals surface area contributed by atoms with Crippen molar-refractivity contribution in [2.75, 3.05) is 19.0 Å². The fourth-order valence-electron chi connectivity index (χ4n) is 3.12. The molecule has 0 spiro atoms. The van der Waals surface area contributed by atoms with Crippen molar-refractivity contribution in [1.29, 1.82) is 0 Å². The van der Waals surface area contributed by atoms with Crippen LogP contribution in [0.25, 0.3) is 17.2 Å². The first-order valence-corrected chi connectivity index (χ1v) is 10.7. The van der Waals surface area contributed by atoms with Crippen molar-refractivity contribution in [1.82, 2.24) is 5.32 Å². The lowest BCUT2D eigenvalue weighted by Crippen LogP contribution is -2.39. The molecule has 3 aromatic rings. The summed E-state index contributed by atoms with van der Waals surface area (Å²) in [6.07, 6.45) is 2.93. The molecule has 0 saturated carbocycles. The molecule has 0 aromatic heterocycles. The van der Waals surface area contributed by atoms with E-state index in [9.17, 15) is 14.4 Å². The van der Waals surface area contributed by atoms with Gasteiger partial charge in [0.25, 0.3) is 5.91 Å². The lowest BCUT2D eigenvalue weighted by atomic mass is 10.0. The Morgan fingerprint density at radius 1 is 0.912 bits per heavy atom. The molecule has 2 amide bonds. The zero-order valence-corrected chi connectivity index (χ0v) is 19.0. The molecule has 7 heteroatoms. The summed E-state index contributed by atoms with van der Waals surface area (Å²) >= 11 is 0. The van der Waals surface area contributed by atoms with Crippen LogP contribution in [-0.2, 0) is 19.1 Å². The molecule has 174 valence electrons. The standard InChI is InChI=1S/C27H26N2O5/c1-19(28-25(30)17-14-20-12-15-22(33-2)16-13-20)27(32)34-18-26(31)29-24-11-7-6-10-23(24)21-8-4-3-5-9-21/h3-17,19H,18H2,1-2H3,(H,28,30)(H,29,31)/t19-/m0/s1. The van der Waals surface area contributed by atoms with Crippen LogP contribution in [0.5, 0.6) is 5.75 Å². The molecule has 7 nitrogen and oxygen atoms in total. The molecule has 34 heavy (non-hydrogen) atoms. The smallest absolute Gasteiger partial charge is 0.328 e. The minimum absolute atomic E-state index is 0.457. The highest BCUT2D eigenvalue weighted by atomic mass is 16.5. The second-order valence-electron chi connectivity index (χ2n) is 7.40. The van der Waals surface area contributed by atoms with E-state index in [1.165, 1.54) is 13.0 Å². The molecular weight excluding hydrogens is 432 g/mol. The van der Waals surface area contributed by atoms with Gasteiger partial charge in [-0.2, -0.15) is 0 Å². The number of anilines is 1. The van der Waals surface area contributed by atoms with Gasteiger partial charge in [0.2, 0.25) is 5.91 Å². The topological polar surface area (TPSA) is 93.7 Å². The summed E-state index contributed by atoms with van der Waals surface area (Å²) in [6, 6.07) is 23.2. The van der Waals surface area contributed by atoms with Crippen molar-refractivity contribution in [3.05, 3.63) is 90.5 Å². The minimum Gasteiger partial charge on any atom is -0.497 e. The third-order valence-corrected chi connectivity index (χ3v) is 4.89. The minimum atomic E-state index is -0.919. The predicted octanol–water partition coefficient (Wildman–Crippen LogP) is 4.06. The first-order chi connectivity index (χ1) is 16.5. The summed E-state index contributed by atoms with van der Waals surface area (Å²) in [6.45, 7) is 1.02. The highest BCUT2D eigenvalue weighted by Gasteiger charge is 2.18. The summed E-state index contributed by atoms with van der Waals surface area (Å²) in [4.78, 5) is 36.7. The predicted molar refractivity (Wildman–Crippen MR) is 131 cm³/mol. The molecule has 0 heterocycles. The first kappa shape index (κ1) is 24.3. The largest absolute Gasteiger partial charge is 0.497 e. The summed E-state index contributed by atoms with van der Waals surface area (Å²) in [5.74, 6) is -0.931. The van der Waals surface area contributed by atoms with Gasteiger partial charge >= 0.3 is 5.97 Å². The Balaban J connectivity index is 1.48. The van der Waals surface area contributed by atoms with Crippen LogP contribution in [0.2, 0.25) is 0 Å². The summed E-state index contributed by atoms with van der Waals surface area (Å²) in [5.41, 5.74) is 3.22. The molecular formula is C27H26N2O5. The van der Waals surface area contributed by atoms with E-state index in [1.807, 2.05) is 48.5 Å². The van der Waals surface area contributed by atoms with Crippen molar-refractivity contribution >= 4 is 29.5 Å². The molecule has 3 aromatic carbocycles. The number of carbonyl (C=O) groups excluding carboxylic acids is 3. The van der Waals surface area contributed by atoms with Crippen LogP contribution in [0.1, 0.15) is 12.5 Å². The van der Waals surface area contributed by atoms with Gasteiger partial charge in [0.15, 0.2) is 6.61 Å². The fourth-order valence-corrected chi connectivity index (χ4v) is 3.12. The maximum absolute atomic E-state index is 12.4. The van der Waals surface area contributed by atoms with Crippen LogP contribution in [0.15, 0.2) is 84.9 Å². The van der Waals surface area contributed by atoms with Gasteiger partial charge in [-0.25, -0.2) is 4.79 Å². The van der Waals surface area contributed by atoms with Gasteiger partial charge < -0.3 is 20.1 Å². The van der Waals surface area contributed by atoms with E-state index < -0.39 is 30.4 Å². The molecule has 2 N–H and O–H groups in total. The number of hydrogen-bond acceptors (Lipinski definition) is 5. The van der Waals surface area contributed by atoms with Gasteiger partial charge in [-0.15, -0.1) is 0 Å². The van der Waals surface area contributed by atoms with Crippen LogP contribution in [0, 0.1) is 0 Å². The Kier molecular flexibility index (Phi) is 8.57. The molecule has 0 bridgehead atoms. The summed E-state index contributed by atoms with van der Waals surface area (Å²) in [5, 5.41) is 5.29. The van der Waals surface area contributed by atoms with Gasteiger partial charge in [0.1, 0.15) is 11.8 Å². The lowest BCUT2D eigenvalue weighted by Gasteiger charge is -2.14. The van der Waals surface area contributed by atoms with Crippen LogP contribution in [0.4, 0.5) is 5.69 Å². The number of ether oxygens (including phenoxy) is 2. The Morgan fingerprint density at radius 3 is 2.29 bits per heavy atom. The second kappa shape index (κ2) is 12.0. The van der Waals surface area contributed by atoms with Crippen molar-refractivity contribution < 1.29 is 23.9 Å². The number of hydrogen-bond donors (Lipinski definition) is 2. The molecule has 0 saturated heterocycles. The number of amides is 2. The van der Waals surface area contributed by atoms with Crippen LogP contribution < -0.4 is 15.4 Å². The average molecular weight is 459 g/mol. The Morgan fingerprint density at radius 2 is 1.59 bits per heavy atom. The molecule has 0 fully saturated rings. The third kappa shape index (κ3) is 7.06. The maximum atomic E-state index is 12.4. The SMILES string of the molecule is COc1ccc(C=CC(=O)N[C@@H](C)C(=O)OCC(=O)Nc2ccccc2-c2ccccc2)cc1. The maximum Gasteiger partial charge on any atom is 0.328 e. The molecule has 0 aliphatic heterocycles. The van der Waals surface area contributed by atoms with Crippen molar-refractivity contribution in [2.24, 2.45) is 0 Å². The number of esters is 1. The normalized spacial score (nSPS) is 11.5. The van der Waals surface area contributed by atoms with E-state index in [2.05, 4.69) is 10.6 Å². The number of methoxy groups -OCH3 is 1. The molecule has 0 aliphatic carbocycles. The van der Waals surface area contributed by atoms with Crippen molar-refractivity contribution in [2.45, 2.75) is 13.0 Å². The lowest BCUT2D eigenvalue weighted by molar-refractivity contribution is -0.149. The van der Waals surface area contributed by atoms with Crippen LogP contribution in [0.3, 0.4) is 0 Å². The number of nitrogens with one attached hydrogen (secondary N) is 2. The van der Waals surface area contributed by atoms with E-state index in [0.717, 1.165) is 16.7 Å². The Bertz CT molecular complexity index is 1160. The number of rotatable bonds is 9. The summed E-state index contributed by atoms with van der Waals surface area (Å²) in [7, 11) is 1.58. The Labute approximate surface area is 198 Å². The molecule has 3 rings (SSSR count). The quantitative estimate of drug-likeness (QED) is 0.373. The third-order valence-electron chi connectivity index (χ3n) is 4.89. The zero-order chi connectivity index (χ0) is 24.3. The zero-order valence-electron chi connectivity index (χ0n) is 19.0. The van der Waals surface area contributed by atoms with Gasteiger partial charge in [-0.1, -0.05) is 60.7 Å². The average Bonchev–Trinajstić information content (AvgIpc) is 2.87. The van der Waals surface area contributed by atoms with E-state index in [1.54, 1.807) is 43.5 Å². The van der Waals surface area contributed by atoms with Crippen molar-refractivity contribution in [3.8, 4) is 16.9 Å². The monoisotopic (exact) mass is 458 g/mol. The highest BCUT2D eigenvalue weighted by Crippen LogP contribution is 2.27. The van der Waals surface area contributed by atoms with E-state index >= 15 is 0 Å². The van der Waals surface area contributed by atoms with E-state index in [0.29, 0.717) is 11.4 Å². The first-order valence-electron chi connectivity index (χ1n) is 10.7. The summed E-state index contributed by atoms with van der Waals surface area (Å²) < 4.78 is 10.2. The molecule has 0 radical (unpaired) electrons. The molecule has 0 unspecified atom stereocenters. The number of para-hydroxylation sites is 1. The van der Waals surface area contributed by atoms with Gasteiger partial charge in [-0.05, 0) is 42.3 Å².